The van der Waals surface area contributed by atoms with Crippen LogP contribution in [0.2, 0.25) is 10.0 Å². The summed E-state index contributed by atoms with van der Waals surface area (Å²) < 4.78 is 5.25. The second-order valence-electron chi connectivity index (χ2n) is 8.12. The number of nitrogens with zero attached hydrogens (tertiary/aromatic N) is 3. The molecule has 0 spiro atoms. The van der Waals surface area contributed by atoms with E-state index in [0.717, 1.165) is 23.8 Å². The van der Waals surface area contributed by atoms with Gasteiger partial charge in [-0.05, 0) is 26.0 Å². The molecule has 1 saturated carbocycles. The molecule has 4 heterocycles. The molecule has 172 valence electrons. The molecule has 3 aromatic heterocycles. The zero-order valence-electron chi connectivity index (χ0n) is 17.9. The number of ether oxygens (including phenoxy) is 1. The van der Waals surface area contributed by atoms with Gasteiger partial charge in [0.25, 0.3) is 5.91 Å². The lowest BCUT2D eigenvalue weighted by atomic mass is 10.2. The molecule has 1 amide bonds. The van der Waals surface area contributed by atoms with Gasteiger partial charge in [0.05, 0.1) is 22.3 Å². The molecule has 33 heavy (non-hydrogen) atoms. The zero-order valence-corrected chi connectivity index (χ0v) is 20.2. The van der Waals surface area contributed by atoms with Crippen molar-refractivity contribution in [1.29, 1.82) is 0 Å². The minimum absolute atomic E-state index is 0.0800. The highest BCUT2D eigenvalue weighted by Gasteiger charge is 2.57. The minimum atomic E-state index is -0.376. The number of hydrogen-bond donors (Lipinski definition) is 2. The summed E-state index contributed by atoms with van der Waals surface area (Å²) >= 11 is 13.6. The van der Waals surface area contributed by atoms with Gasteiger partial charge in [-0.3, -0.25) is 9.78 Å². The van der Waals surface area contributed by atoms with Gasteiger partial charge in [0.1, 0.15) is 10.6 Å². The number of piperidine rings is 1. The predicted molar refractivity (Wildman–Crippen MR) is 127 cm³/mol. The third kappa shape index (κ3) is 3.98. The minimum Gasteiger partial charge on any atom is -0.462 e. The molecule has 2 fully saturated rings. The Hall–Kier alpha value is -2.62. The first kappa shape index (κ1) is 22.2. The number of amides is 1. The molecule has 0 radical (unpaired) electrons. The van der Waals surface area contributed by atoms with Gasteiger partial charge in [0.2, 0.25) is 0 Å². The van der Waals surface area contributed by atoms with Gasteiger partial charge in [0.15, 0.2) is 5.13 Å². The van der Waals surface area contributed by atoms with Crippen molar-refractivity contribution in [3.8, 4) is 11.3 Å². The molecule has 0 aromatic carbocycles. The van der Waals surface area contributed by atoms with Crippen molar-refractivity contribution >= 4 is 51.5 Å². The van der Waals surface area contributed by atoms with Crippen molar-refractivity contribution in [2.45, 2.75) is 19.9 Å². The number of carbonyl (C=O) groups is 2. The molecule has 2 N–H and O–H groups in total. The summed E-state index contributed by atoms with van der Waals surface area (Å²) in [7, 11) is 0. The van der Waals surface area contributed by atoms with E-state index in [1.54, 1.807) is 26.2 Å². The molecule has 0 unspecified atom stereocenters. The van der Waals surface area contributed by atoms with E-state index in [1.807, 2.05) is 12.1 Å². The average molecular weight is 506 g/mol. The number of carbonyl (C=O) groups excluding carboxylic acids is 2. The fourth-order valence-corrected chi connectivity index (χ4v) is 5.75. The number of fused-ring (bicyclic) bond motifs is 1. The van der Waals surface area contributed by atoms with E-state index in [2.05, 4.69) is 20.2 Å². The first-order valence-corrected chi connectivity index (χ1v) is 12.1. The van der Waals surface area contributed by atoms with Crippen molar-refractivity contribution in [1.82, 2.24) is 20.3 Å². The SMILES string of the molecule is CCOC(=O)c1sc(N2C[C@@H]3[C@H](C2)[C@H]3NC(=O)c2[nH]c(C)c(Cl)c2Cl)nc1-c1ccncc1. The Bertz CT molecular complexity index is 1220. The lowest BCUT2D eigenvalue weighted by Crippen LogP contribution is -2.34. The molecule has 1 saturated heterocycles. The monoisotopic (exact) mass is 505 g/mol. The Morgan fingerprint density at radius 2 is 1.94 bits per heavy atom. The second-order valence-corrected chi connectivity index (χ2v) is 9.85. The van der Waals surface area contributed by atoms with Gasteiger partial charge in [0, 0.05) is 54.6 Å². The highest BCUT2D eigenvalue weighted by molar-refractivity contribution is 7.18. The lowest BCUT2D eigenvalue weighted by Gasteiger charge is -2.19. The van der Waals surface area contributed by atoms with Crippen LogP contribution in [0.4, 0.5) is 5.13 Å². The summed E-state index contributed by atoms with van der Waals surface area (Å²) in [6.07, 6.45) is 3.35. The molecule has 2 aliphatic rings. The molecular weight excluding hydrogens is 485 g/mol. The normalized spacial score (nSPS) is 21.1. The number of aromatic nitrogens is 3. The molecule has 11 heteroatoms. The highest BCUT2D eigenvalue weighted by Crippen LogP contribution is 2.48. The number of thiazole rings is 1. The molecule has 1 aliphatic heterocycles. The van der Waals surface area contributed by atoms with Crippen LogP contribution in [0.25, 0.3) is 11.3 Å². The number of pyridine rings is 1. The third-order valence-electron chi connectivity index (χ3n) is 6.07. The van der Waals surface area contributed by atoms with E-state index in [9.17, 15) is 9.59 Å². The highest BCUT2D eigenvalue weighted by atomic mass is 35.5. The van der Waals surface area contributed by atoms with Crippen LogP contribution in [0.15, 0.2) is 24.5 Å². The van der Waals surface area contributed by atoms with Crippen molar-refractivity contribution < 1.29 is 14.3 Å². The number of halogens is 2. The van der Waals surface area contributed by atoms with E-state index < -0.39 is 0 Å². The Balaban J connectivity index is 1.29. The first-order chi connectivity index (χ1) is 15.9. The lowest BCUT2D eigenvalue weighted by molar-refractivity contribution is 0.0532. The van der Waals surface area contributed by atoms with E-state index in [4.69, 9.17) is 32.9 Å². The first-order valence-electron chi connectivity index (χ1n) is 10.6. The molecule has 3 aromatic rings. The summed E-state index contributed by atoms with van der Waals surface area (Å²) in [5.41, 5.74) is 2.39. The van der Waals surface area contributed by atoms with Crippen LogP contribution in [0.5, 0.6) is 0 Å². The smallest absolute Gasteiger partial charge is 0.350 e. The van der Waals surface area contributed by atoms with Crippen molar-refractivity contribution in [3.63, 3.8) is 0 Å². The van der Waals surface area contributed by atoms with E-state index in [0.29, 0.717) is 45.4 Å². The maximum absolute atomic E-state index is 12.6. The molecule has 1 aliphatic carbocycles. The van der Waals surface area contributed by atoms with E-state index in [1.165, 1.54) is 11.3 Å². The van der Waals surface area contributed by atoms with E-state index in [-0.39, 0.29) is 22.9 Å². The molecule has 8 nitrogen and oxygen atoms in total. The van der Waals surface area contributed by atoms with E-state index >= 15 is 0 Å². The zero-order chi connectivity index (χ0) is 23.3. The maximum Gasteiger partial charge on any atom is 0.350 e. The number of esters is 1. The number of H-pyrrole nitrogens is 1. The Morgan fingerprint density at radius 3 is 2.55 bits per heavy atom. The largest absolute Gasteiger partial charge is 0.462 e. The summed E-state index contributed by atoms with van der Waals surface area (Å²) in [4.78, 5) is 39.6. The number of nitrogens with one attached hydrogen (secondary N) is 2. The molecular formula is C22H21Cl2N5O3S. The van der Waals surface area contributed by atoms with Crippen LogP contribution in [0.1, 0.15) is 32.8 Å². The van der Waals surface area contributed by atoms with Crippen LogP contribution < -0.4 is 10.2 Å². The quantitative estimate of drug-likeness (QED) is 0.487. The van der Waals surface area contributed by atoms with Crippen molar-refractivity contribution in [2.75, 3.05) is 24.6 Å². The van der Waals surface area contributed by atoms with Crippen LogP contribution >= 0.6 is 34.5 Å². The summed E-state index contributed by atoms with van der Waals surface area (Å²) in [6.45, 7) is 5.35. The van der Waals surface area contributed by atoms with Gasteiger partial charge in [-0.15, -0.1) is 0 Å². The number of aryl methyl sites for hydroxylation is 1. The Kier molecular flexibility index (Phi) is 5.80. The summed E-state index contributed by atoms with van der Waals surface area (Å²) in [5, 5.41) is 4.46. The topological polar surface area (TPSA) is 100 Å². The van der Waals surface area contributed by atoms with Crippen molar-refractivity contribution in [2.24, 2.45) is 11.8 Å². The molecule has 0 bridgehead atoms. The molecule has 5 rings (SSSR count). The van der Waals surface area contributed by atoms with Gasteiger partial charge in [-0.25, -0.2) is 9.78 Å². The third-order valence-corrected chi connectivity index (χ3v) is 8.12. The standard InChI is InChI=1S/C22H21Cl2N5O3S/c1-3-32-21(31)19-16(11-4-6-25-7-5-11)28-22(33-19)29-8-12-13(9-29)17(12)27-20(30)18-15(24)14(23)10(2)26-18/h4-7,12-13,17,26H,3,8-9H2,1-2H3,(H,27,30)/t12-,13+,17+. The fraction of sp³-hybridized carbons (Fsp3) is 0.364. The Morgan fingerprint density at radius 1 is 1.24 bits per heavy atom. The number of rotatable bonds is 6. The van der Waals surface area contributed by atoms with Crippen molar-refractivity contribution in [3.05, 3.63) is 50.8 Å². The van der Waals surface area contributed by atoms with Crippen LogP contribution in [0, 0.1) is 18.8 Å². The number of aromatic amines is 1. The molecule has 3 atom stereocenters. The Labute approximate surface area is 204 Å². The average Bonchev–Trinajstić information content (AvgIpc) is 3.19. The van der Waals surface area contributed by atoms with Crippen LogP contribution in [0.3, 0.4) is 0 Å². The van der Waals surface area contributed by atoms with Crippen LogP contribution in [-0.4, -0.2) is 52.6 Å². The second kappa shape index (κ2) is 8.62. The number of anilines is 1. The summed E-state index contributed by atoms with van der Waals surface area (Å²) in [6, 6.07) is 3.74. The maximum atomic E-state index is 12.6. The van der Waals surface area contributed by atoms with Gasteiger partial charge < -0.3 is 19.9 Å². The van der Waals surface area contributed by atoms with Gasteiger partial charge >= 0.3 is 5.97 Å². The van der Waals surface area contributed by atoms with Gasteiger partial charge in [-0.2, -0.15) is 0 Å². The fourth-order valence-electron chi connectivity index (χ4n) is 4.33. The van der Waals surface area contributed by atoms with Gasteiger partial charge in [-0.1, -0.05) is 34.5 Å². The number of hydrogen-bond acceptors (Lipinski definition) is 7. The summed E-state index contributed by atoms with van der Waals surface area (Å²) in [5.74, 6) is 0.0104. The predicted octanol–water partition coefficient (Wildman–Crippen LogP) is 4.19. The van der Waals surface area contributed by atoms with Crippen LogP contribution in [-0.2, 0) is 4.74 Å².